The van der Waals surface area contributed by atoms with Crippen molar-refractivity contribution in [3.8, 4) is 0 Å². The summed E-state index contributed by atoms with van der Waals surface area (Å²) in [5.74, 6) is 0. The van der Waals surface area contributed by atoms with E-state index in [2.05, 4.69) is 34.3 Å². The maximum absolute atomic E-state index is 3.36. The third kappa shape index (κ3) is 173. The van der Waals surface area contributed by atoms with E-state index in [0.29, 0.717) is 0 Å². The van der Waals surface area contributed by atoms with Crippen molar-refractivity contribution in [1.29, 1.82) is 0 Å². The van der Waals surface area contributed by atoms with Gasteiger partial charge in [0.25, 0.3) is 0 Å². The Balaban J connectivity index is -0.0000000231. The average Bonchev–Trinajstić information content (AvgIpc) is 2.06. The van der Waals surface area contributed by atoms with E-state index in [9.17, 15) is 0 Å². The summed E-state index contributed by atoms with van der Waals surface area (Å²) in [6, 6.07) is 0. The van der Waals surface area contributed by atoms with Gasteiger partial charge >= 0.3 is 0 Å². The van der Waals surface area contributed by atoms with E-state index < -0.39 is 0 Å². The third-order valence-electron chi connectivity index (χ3n) is 1.000. The van der Waals surface area contributed by atoms with E-state index in [0.717, 1.165) is 0 Å². The van der Waals surface area contributed by atoms with Crippen molar-refractivity contribution in [3.05, 3.63) is 12.7 Å². The minimum atomic E-state index is 0. The van der Waals surface area contributed by atoms with E-state index in [1.165, 1.54) is 25.7 Å². The molecule has 0 aromatic rings. The van der Waals surface area contributed by atoms with Crippen molar-refractivity contribution >= 4 is 23.9 Å². The molecule has 0 bridgehead atoms. The minimum Gasteiger partial charge on any atom is -1.00 e. The van der Waals surface area contributed by atoms with Crippen molar-refractivity contribution < 1.29 is 17.0 Å². The van der Waals surface area contributed by atoms with Crippen molar-refractivity contribution in [1.82, 2.24) is 0 Å². The summed E-state index contributed by atoms with van der Waals surface area (Å²) in [6.07, 6.45) is 7.03. The molecule has 0 aliphatic rings. The molecule has 0 aliphatic carbocycles. The first-order valence-electron chi connectivity index (χ1n) is 4.81. The standard InChI is InChI=1S/2C4H10.C3H6.BrH.Sn/c2*1-3-4-2;1-3-2;;/h2*3-4H2,1-2H3;3H,1H2,2H3;1H;/p-1. The topological polar surface area (TPSA) is 0 Å². The van der Waals surface area contributed by atoms with Crippen LogP contribution in [0.2, 0.25) is 0 Å². The Morgan fingerprint density at radius 1 is 0.846 bits per heavy atom. The predicted molar refractivity (Wildman–Crippen MR) is 62.8 cm³/mol. The van der Waals surface area contributed by atoms with Gasteiger partial charge in [0.1, 0.15) is 0 Å². The number of unbranched alkanes of at least 4 members (excludes halogenated alkanes) is 2. The Morgan fingerprint density at radius 2 is 0.923 bits per heavy atom. The first-order chi connectivity index (χ1) is 5.24. The van der Waals surface area contributed by atoms with Crippen LogP contribution in [0.25, 0.3) is 0 Å². The molecule has 0 nitrogen and oxygen atoms in total. The largest absolute Gasteiger partial charge is 1.00 e. The van der Waals surface area contributed by atoms with Gasteiger partial charge in [-0.3, -0.25) is 0 Å². The summed E-state index contributed by atoms with van der Waals surface area (Å²) in [6.45, 7) is 14.0. The normalized spacial score (nSPS) is 5.62. The molecule has 13 heavy (non-hydrogen) atoms. The quantitative estimate of drug-likeness (QED) is 0.518. The predicted octanol–water partition coefficient (Wildman–Crippen LogP) is 1.43. The van der Waals surface area contributed by atoms with Crippen molar-refractivity contribution in [2.75, 3.05) is 0 Å². The summed E-state index contributed by atoms with van der Waals surface area (Å²) in [7, 11) is 0. The molecule has 0 rings (SSSR count). The molecule has 0 aromatic heterocycles. The molecule has 0 spiro atoms. The van der Waals surface area contributed by atoms with Crippen molar-refractivity contribution in [2.24, 2.45) is 0 Å². The molecule has 2 heteroatoms. The van der Waals surface area contributed by atoms with E-state index >= 15 is 0 Å². The van der Waals surface area contributed by atoms with Crippen LogP contribution >= 0.6 is 0 Å². The molecule has 82 valence electrons. The Morgan fingerprint density at radius 3 is 0.923 bits per heavy atom. The van der Waals surface area contributed by atoms with Gasteiger partial charge in [-0.05, 0) is 6.92 Å². The Labute approximate surface area is 113 Å². The number of hydrogen-bond donors (Lipinski definition) is 0. The zero-order valence-corrected chi connectivity index (χ0v) is 14.4. The first-order valence-corrected chi connectivity index (χ1v) is 4.81. The molecule has 0 amide bonds. The maximum Gasteiger partial charge on any atom is 0 e. The van der Waals surface area contributed by atoms with E-state index in [1.807, 2.05) is 6.92 Å². The van der Waals surface area contributed by atoms with Gasteiger partial charge in [-0.15, -0.1) is 6.58 Å². The van der Waals surface area contributed by atoms with Gasteiger partial charge in [0.05, 0.1) is 0 Å². The molecular weight excluding hydrogens is 331 g/mol. The molecule has 0 saturated carbocycles. The Bertz CT molecular complexity index is 39.4. The van der Waals surface area contributed by atoms with Gasteiger partial charge in [-0.25, -0.2) is 0 Å². The second-order valence-corrected chi connectivity index (χ2v) is 2.41. The monoisotopic (exact) mass is 357 g/mol. The second kappa shape index (κ2) is 51.9. The second-order valence-electron chi connectivity index (χ2n) is 2.41. The van der Waals surface area contributed by atoms with Crippen LogP contribution < -0.4 is 17.0 Å². The summed E-state index contributed by atoms with van der Waals surface area (Å²) in [4.78, 5) is 0. The van der Waals surface area contributed by atoms with E-state index in [1.54, 1.807) is 6.08 Å². The summed E-state index contributed by atoms with van der Waals surface area (Å²) < 4.78 is 0. The fraction of sp³-hybridized carbons (Fsp3) is 0.818. The molecule has 0 aliphatic heterocycles. The molecule has 4 radical (unpaired) electrons. The van der Waals surface area contributed by atoms with Gasteiger partial charge in [-0.2, -0.15) is 0 Å². The van der Waals surface area contributed by atoms with Crippen molar-refractivity contribution in [2.45, 2.75) is 60.3 Å². The van der Waals surface area contributed by atoms with Crippen LogP contribution in [0.3, 0.4) is 0 Å². The third-order valence-corrected chi connectivity index (χ3v) is 1.000. The zero-order valence-electron chi connectivity index (χ0n) is 9.99. The Hall–Kier alpha value is 1.02. The van der Waals surface area contributed by atoms with E-state index in [4.69, 9.17) is 0 Å². The smallest absolute Gasteiger partial charge is 0 e. The zero-order chi connectivity index (χ0) is 9.54. The first kappa shape index (κ1) is 29.2. The van der Waals surface area contributed by atoms with Crippen LogP contribution in [0.5, 0.6) is 0 Å². The van der Waals surface area contributed by atoms with Crippen LogP contribution in [0, 0.1) is 0 Å². The minimum absolute atomic E-state index is 0. The molecule has 0 fully saturated rings. The van der Waals surface area contributed by atoms with Crippen LogP contribution in [0.1, 0.15) is 60.3 Å². The maximum atomic E-state index is 3.36. The molecule has 0 heterocycles. The SMILES string of the molecule is C=CC.CCCC.CCCC.[Br-].[Sn]. The Kier molecular flexibility index (Phi) is 117. The van der Waals surface area contributed by atoms with Gasteiger partial charge in [0.15, 0.2) is 0 Å². The molecule has 0 aromatic carbocycles. The summed E-state index contributed by atoms with van der Waals surface area (Å²) >= 11 is 0. The fourth-order valence-electron chi connectivity index (χ4n) is 0. The fourth-order valence-corrected chi connectivity index (χ4v) is 0. The number of rotatable bonds is 2. The van der Waals surface area contributed by atoms with Crippen LogP contribution in [0.4, 0.5) is 0 Å². The molecular formula is C11H26BrSn-. The van der Waals surface area contributed by atoms with Gasteiger partial charge < -0.3 is 17.0 Å². The number of halogens is 1. The van der Waals surface area contributed by atoms with Crippen LogP contribution in [-0.2, 0) is 0 Å². The molecule has 0 N–H and O–H groups in total. The van der Waals surface area contributed by atoms with Gasteiger partial charge in [0.2, 0.25) is 0 Å². The van der Waals surface area contributed by atoms with E-state index in [-0.39, 0.29) is 40.9 Å². The van der Waals surface area contributed by atoms with Crippen molar-refractivity contribution in [3.63, 3.8) is 0 Å². The number of allylic oxidation sites excluding steroid dienone is 1. The van der Waals surface area contributed by atoms with Crippen LogP contribution in [0.15, 0.2) is 12.7 Å². The number of hydrogen-bond acceptors (Lipinski definition) is 0. The van der Waals surface area contributed by atoms with Gasteiger partial charge in [0, 0.05) is 23.9 Å². The molecule has 0 unspecified atom stereocenters. The summed E-state index contributed by atoms with van der Waals surface area (Å²) in [5, 5.41) is 0. The summed E-state index contributed by atoms with van der Waals surface area (Å²) in [5.41, 5.74) is 0. The molecule has 0 atom stereocenters. The average molecular weight is 357 g/mol. The molecule has 0 saturated heterocycles. The van der Waals surface area contributed by atoms with Crippen LogP contribution in [-0.4, -0.2) is 23.9 Å². The van der Waals surface area contributed by atoms with Gasteiger partial charge in [-0.1, -0.05) is 59.5 Å².